The van der Waals surface area contributed by atoms with Gasteiger partial charge in [-0.05, 0) is 5.92 Å². The molecule has 0 saturated heterocycles. The molecule has 0 unspecified atom stereocenters. The average Bonchev–Trinajstić information content (AvgIpc) is 2.17. The number of imide groups is 1. The quantitative estimate of drug-likeness (QED) is 0.462. The van der Waals surface area contributed by atoms with Crippen molar-refractivity contribution in [1.82, 2.24) is 15.8 Å². The van der Waals surface area contributed by atoms with E-state index in [1.807, 2.05) is 13.8 Å². The van der Waals surface area contributed by atoms with Crippen LogP contribution in [0.25, 0.3) is 0 Å². The van der Waals surface area contributed by atoms with Crippen LogP contribution in [-0.2, 0) is 14.4 Å². The Labute approximate surface area is 95.3 Å². The Hall–Kier alpha value is -1.43. The molecule has 0 atom stereocenters. The zero-order chi connectivity index (χ0) is 12.6. The van der Waals surface area contributed by atoms with E-state index in [1.54, 1.807) is 7.05 Å². The van der Waals surface area contributed by atoms with Gasteiger partial charge in [0.1, 0.15) is 0 Å². The van der Waals surface area contributed by atoms with E-state index in [0.29, 0.717) is 12.8 Å². The van der Waals surface area contributed by atoms with E-state index in [9.17, 15) is 14.4 Å². The molecule has 6 nitrogen and oxygen atoms in total. The standard InChI is InChI=1S/C10H19N3O3/c1-8(2)6-10(16)13(7-14)5-4-9(15)12-11-3/h7-8,11H,4-6H2,1-3H3,(H,12,15). The maximum atomic E-state index is 11.5. The largest absolute Gasteiger partial charge is 0.292 e. The van der Waals surface area contributed by atoms with E-state index in [1.165, 1.54) is 0 Å². The zero-order valence-corrected chi connectivity index (χ0v) is 9.95. The summed E-state index contributed by atoms with van der Waals surface area (Å²) in [6, 6.07) is 0. The van der Waals surface area contributed by atoms with E-state index in [4.69, 9.17) is 0 Å². The summed E-state index contributed by atoms with van der Waals surface area (Å²) in [7, 11) is 1.57. The van der Waals surface area contributed by atoms with Crippen LogP contribution in [0.3, 0.4) is 0 Å². The van der Waals surface area contributed by atoms with Gasteiger partial charge in [-0.15, -0.1) is 0 Å². The average molecular weight is 229 g/mol. The number of rotatable bonds is 7. The van der Waals surface area contributed by atoms with Crippen LogP contribution in [0.1, 0.15) is 26.7 Å². The fourth-order valence-corrected chi connectivity index (χ4v) is 1.13. The summed E-state index contributed by atoms with van der Waals surface area (Å²) in [5, 5.41) is 0. The van der Waals surface area contributed by atoms with Gasteiger partial charge in [0, 0.05) is 26.4 Å². The Kier molecular flexibility index (Phi) is 7.11. The maximum absolute atomic E-state index is 11.5. The molecule has 0 aliphatic rings. The molecule has 0 saturated carbocycles. The first-order valence-corrected chi connectivity index (χ1v) is 5.21. The molecule has 0 radical (unpaired) electrons. The molecule has 0 aromatic rings. The molecule has 0 bridgehead atoms. The van der Waals surface area contributed by atoms with E-state index in [2.05, 4.69) is 10.9 Å². The number of hydrogen-bond acceptors (Lipinski definition) is 4. The Bertz CT molecular complexity index is 254. The Morgan fingerprint density at radius 1 is 1.38 bits per heavy atom. The summed E-state index contributed by atoms with van der Waals surface area (Å²) < 4.78 is 0. The second-order valence-corrected chi connectivity index (χ2v) is 3.84. The number of hydrazine groups is 1. The van der Waals surface area contributed by atoms with Gasteiger partial charge in [-0.2, -0.15) is 0 Å². The van der Waals surface area contributed by atoms with Crippen molar-refractivity contribution >= 4 is 18.2 Å². The molecule has 0 spiro atoms. The normalized spacial score (nSPS) is 10.0. The molecule has 0 heterocycles. The number of amides is 3. The summed E-state index contributed by atoms with van der Waals surface area (Å²) in [6.45, 7) is 3.91. The Morgan fingerprint density at radius 3 is 2.44 bits per heavy atom. The van der Waals surface area contributed by atoms with Crippen molar-refractivity contribution in [2.45, 2.75) is 26.7 Å². The monoisotopic (exact) mass is 229 g/mol. The van der Waals surface area contributed by atoms with Crippen molar-refractivity contribution in [3.8, 4) is 0 Å². The van der Waals surface area contributed by atoms with E-state index in [0.717, 1.165) is 4.90 Å². The predicted molar refractivity (Wildman–Crippen MR) is 59.1 cm³/mol. The van der Waals surface area contributed by atoms with Gasteiger partial charge in [0.15, 0.2) is 0 Å². The highest BCUT2D eigenvalue weighted by molar-refractivity contribution is 5.87. The molecule has 6 heteroatoms. The molecule has 0 aromatic carbocycles. The first-order valence-electron chi connectivity index (χ1n) is 5.21. The van der Waals surface area contributed by atoms with E-state index >= 15 is 0 Å². The third kappa shape index (κ3) is 6.13. The SMILES string of the molecule is CNNC(=O)CCN(C=O)C(=O)CC(C)C. The highest BCUT2D eigenvalue weighted by Gasteiger charge is 2.14. The van der Waals surface area contributed by atoms with Crippen LogP contribution in [0.5, 0.6) is 0 Å². The molecule has 0 fully saturated rings. The fraction of sp³-hybridized carbons (Fsp3) is 0.700. The number of carbonyl (C=O) groups excluding carboxylic acids is 3. The predicted octanol–water partition coefficient (Wildman–Crippen LogP) is -0.342. The van der Waals surface area contributed by atoms with Crippen molar-refractivity contribution in [3.63, 3.8) is 0 Å². The van der Waals surface area contributed by atoms with Gasteiger partial charge >= 0.3 is 0 Å². The van der Waals surface area contributed by atoms with Crippen LogP contribution in [0.4, 0.5) is 0 Å². The summed E-state index contributed by atoms with van der Waals surface area (Å²) in [6.07, 6.45) is 0.882. The number of carbonyl (C=O) groups is 3. The number of nitrogens with one attached hydrogen (secondary N) is 2. The summed E-state index contributed by atoms with van der Waals surface area (Å²) in [4.78, 5) is 34.3. The molecule has 2 N–H and O–H groups in total. The molecule has 0 aliphatic heterocycles. The van der Waals surface area contributed by atoms with Crippen molar-refractivity contribution in [2.24, 2.45) is 5.92 Å². The second-order valence-electron chi connectivity index (χ2n) is 3.84. The molecule has 3 amide bonds. The van der Waals surface area contributed by atoms with Gasteiger partial charge in [-0.3, -0.25) is 24.7 Å². The highest BCUT2D eigenvalue weighted by atomic mass is 16.2. The van der Waals surface area contributed by atoms with Gasteiger partial charge in [0.2, 0.25) is 18.2 Å². The minimum absolute atomic E-state index is 0.101. The van der Waals surface area contributed by atoms with Gasteiger partial charge in [-0.25, -0.2) is 5.43 Å². The molecule has 0 rings (SSSR count). The van der Waals surface area contributed by atoms with Crippen LogP contribution in [0, 0.1) is 5.92 Å². The third-order valence-electron chi connectivity index (χ3n) is 1.87. The van der Waals surface area contributed by atoms with Crippen molar-refractivity contribution in [1.29, 1.82) is 0 Å². The summed E-state index contributed by atoms with van der Waals surface area (Å²) in [5.41, 5.74) is 4.84. The lowest BCUT2D eigenvalue weighted by atomic mass is 10.1. The third-order valence-corrected chi connectivity index (χ3v) is 1.87. The molecular formula is C10H19N3O3. The Balaban J connectivity index is 4.05. The maximum Gasteiger partial charge on any atom is 0.235 e. The molecule has 16 heavy (non-hydrogen) atoms. The van der Waals surface area contributed by atoms with E-state index < -0.39 is 0 Å². The number of nitrogens with zero attached hydrogens (tertiary/aromatic N) is 1. The summed E-state index contributed by atoms with van der Waals surface area (Å²) in [5.74, 6) is -0.310. The first kappa shape index (κ1) is 14.6. The van der Waals surface area contributed by atoms with Gasteiger partial charge < -0.3 is 0 Å². The van der Waals surface area contributed by atoms with Crippen LogP contribution < -0.4 is 10.9 Å². The molecular weight excluding hydrogens is 210 g/mol. The first-order chi connectivity index (χ1) is 7.51. The lowest BCUT2D eigenvalue weighted by Crippen LogP contribution is -2.38. The van der Waals surface area contributed by atoms with Crippen molar-refractivity contribution < 1.29 is 14.4 Å². The summed E-state index contributed by atoms with van der Waals surface area (Å²) >= 11 is 0. The lowest BCUT2D eigenvalue weighted by Gasteiger charge is -2.16. The minimum atomic E-state index is -0.258. The lowest BCUT2D eigenvalue weighted by molar-refractivity contribution is -0.139. The highest BCUT2D eigenvalue weighted by Crippen LogP contribution is 2.03. The molecule has 0 aliphatic carbocycles. The van der Waals surface area contributed by atoms with Crippen LogP contribution in [0.15, 0.2) is 0 Å². The number of hydrogen-bond donors (Lipinski definition) is 2. The fourth-order valence-electron chi connectivity index (χ4n) is 1.13. The van der Waals surface area contributed by atoms with Crippen LogP contribution >= 0.6 is 0 Å². The Morgan fingerprint density at radius 2 is 2.00 bits per heavy atom. The van der Waals surface area contributed by atoms with E-state index in [-0.39, 0.29) is 30.7 Å². The van der Waals surface area contributed by atoms with Crippen molar-refractivity contribution in [2.75, 3.05) is 13.6 Å². The van der Waals surface area contributed by atoms with Crippen molar-refractivity contribution in [3.05, 3.63) is 0 Å². The molecule has 92 valence electrons. The second kappa shape index (κ2) is 7.81. The molecule has 0 aromatic heterocycles. The minimum Gasteiger partial charge on any atom is -0.292 e. The smallest absolute Gasteiger partial charge is 0.235 e. The zero-order valence-electron chi connectivity index (χ0n) is 9.95. The van der Waals surface area contributed by atoms with Gasteiger partial charge in [0.05, 0.1) is 0 Å². The van der Waals surface area contributed by atoms with Gasteiger partial charge in [0.25, 0.3) is 0 Å². The van der Waals surface area contributed by atoms with Crippen LogP contribution in [-0.4, -0.2) is 36.7 Å². The van der Waals surface area contributed by atoms with Gasteiger partial charge in [-0.1, -0.05) is 13.8 Å². The topological polar surface area (TPSA) is 78.5 Å². The van der Waals surface area contributed by atoms with Crippen LogP contribution in [0.2, 0.25) is 0 Å².